The minimum atomic E-state index is -1.28. The van der Waals surface area contributed by atoms with Crippen molar-refractivity contribution >= 4 is 63.7 Å². The zero-order valence-electron chi connectivity index (χ0n) is 44.9. The van der Waals surface area contributed by atoms with Crippen LogP contribution in [0.4, 0.5) is 28.3 Å². The third kappa shape index (κ3) is 12.7. The van der Waals surface area contributed by atoms with Crippen molar-refractivity contribution in [3.63, 3.8) is 0 Å². The van der Waals surface area contributed by atoms with E-state index in [1.54, 1.807) is 34.4 Å². The molecule has 0 radical (unpaired) electrons. The average molecular weight is 1110 g/mol. The lowest BCUT2D eigenvalue weighted by Crippen LogP contribution is -2.49. The summed E-state index contributed by atoms with van der Waals surface area (Å²) in [4.78, 5) is 75.2. The van der Waals surface area contributed by atoms with Crippen LogP contribution in [0.25, 0.3) is 22.3 Å². The maximum Gasteiger partial charge on any atom is 0.315 e. The number of aliphatic hydroxyl groups is 6. The molecule has 0 saturated heterocycles. The first kappa shape index (κ1) is 56.0. The van der Waals surface area contributed by atoms with Crippen LogP contribution in [-0.4, -0.2) is 194 Å². The van der Waals surface area contributed by atoms with Crippen LogP contribution in [0.2, 0.25) is 0 Å². The van der Waals surface area contributed by atoms with Gasteiger partial charge in [0.2, 0.25) is 23.7 Å². The lowest BCUT2D eigenvalue weighted by Gasteiger charge is -2.32. The molecule has 0 bridgehead atoms. The second-order valence-corrected chi connectivity index (χ2v) is 21.4. The Morgan fingerprint density at radius 2 is 0.925 bits per heavy atom. The quantitative estimate of drug-likeness (QED) is 0.0405. The first-order valence-electron chi connectivity index (χ1n) is 27.9. The van der Waals surface area contributed by atoms with E-state index in [0.717, 1.165) is 75.8 Å². The molecule has 0 aromatic carbocycles. The second kappa shape index (κ2) is 25.0. The Balaban J connectivity index is 0.742. The molecule has 432 valence electrons. The number of nitrogens with one attached hydrogen (secondary N) is 8. The van der Waals surface area contributed by atoms with Crippen molar-refractivity contribution in [2.24, 2.45) is 0 Å². The fourth-order valence-electron chi connectivity index (χ4n) is 11.6. The summed E-state index contributed by atoms with van der Waals surface area (Å²) in [6.07, 6.45) is 13.0. The predicted octanol–water partition coefficient (Wildman–Crippen LogP) is -0.559. The highest BCUT2D eigenvalue weighted by atomic mass is 16.3. The van der Waals surface area contributed by atoms with Gasteiger partial charge in [-0.25, -0.2) is 24.7 Å². The van der Waals surface area contributed by atoms with Crippen LogP contribution in [0.3, 0.4) is 0 Å². The number of aromatic nitrogens is 12. The van der Waals surface area contributed by atoms with Crippen LogP contribution < -0.4 is 42.5 Å². The van der Waals surface area contributed by atoms with E-state index in [0.29, 0.717) is 71.8 Å². The molecule has 6 aromatic heterocycles. The smallest absolute Gasteiger partial charge is 0.315 e. The molecule has 8 atom stereocenters. The Kier molecular flexibility index (Phi) is 17.5. The van der Waals surface area contributed by atoms with Gasteiger partial charge in [0, 0.05) is 75.6 Å². The number of amides is 4. The summed E-state index contributed by atoms with van der Waals surface area (Å²) in [5.74, 6) is 0.358. The molecular weight excluding hydrogens is 1040 g/mol. The van der Waals surface area contributed by atoms with E-state index >= 15 is 0 Å². The monoisotopic (exact) mass is 1110 g/mol. The molecular formula is C51H74N20O9. The van der Waals surface area contributed by atoms with Crippen molar-refractivity contribution in [3.8, 4) is 0 Å². The maximum atomic E-state index is 13.5. The molecule has 80 heavy (non-hydrogen) atoms. The van der Waals surface area contributed by atoms with Crippen LogP contribution in [0.1, 0.15) is 102 Å². The van der Waals surface area contributed by atoms with Crippen LogP contribution in [-0.2, 0) is 35.5 Å². The van der Waals surface area contributed by atoms with Gasteiger partial charge < -0.3 is 91.4 Å². The van der Waals surface area contributed by atoms with E-state index in [4.69, 9.17) is 19.9 Å². The summed E-state index contributed by atoms with van der Waals surface area (Å²) in [5.41, 5.74) is 3.63. The minimum Gasteiger partial charge on any atom is -0.388 e. The molecule has 4 aliphatic carbocycles. The number of hydrogen-bond acceptors (Lipinski definition) is 21. The summed E-state index contributed by atoms with van der Waals surface area (Å²) < 4.78 is 7.40. The number of carbonyl (C=O) groups excluding carboxylic acids is 3. The van der Waals surface area contributed by atoms with E-state index in [1.807, 2.05) is 35.4 Å². The van der Waals surface area contributed by atoms with Gasteiger partial charge in [-0.15, -0.1) is 0 Å². The SMILES string of the molecule is CCn1cnc(CCNc2nc(N[C@H]3CC[C@H](NC(=O)N[C@H]4CC[C@H](Nc5nc(NCCc6cn(CC)cn6)nc6c5ncn6[C@@H]5C[C@H](NC(=O)CO)[C@@H](O)[C@H]5O)CC4)CC3)c3ncn([C@@H]4C[C@H](NC(=O)CO)[C@@H](O)[C@H]4O)c3n2)c1. The van der Waals surface area contributed by atoms with Crippen molar-refractivity contribution in [1.29, 1.82) is 0 Å². The Morgan fingerprint density at radius 3 is 1.30 bits per heavy atom. The number of aryl methyl sites for hydroxylation is 2. The molecule has 0 spiro atoms. The van der Waals surface area contributed by atoms with Gasteiger partial charge in [0.25, 0.3) is 0 Å². The van der Waals surface area contributed by atoms with Crippen molar-refractivity contribution < 1.29 is 45.0 Å². The lowest BCUT2D eigenvalue weighted by atomic mass is 9.90. The molecule has 6 aromatic rings. The highest BCUT2D eigenvalue weighted by Crippen LogP contribution is 2.37. The summed E-state index contributed by atoms with van der Waals surface area (Å²) >= 11 is 0. The molecule has 14 N–H and O–H groups in total. The van der Waals surface area contributed by atoms with Crippen LogP contribution in [0, 0.1) is 0 Å². The topological polar surface area (TPSA) is 392 Å². The first-order chi connectivity index (χ1) is 38.8. The number of rotatable bonds is 22. The first-order valence-corrected chi connectivity index (χ1v) is 27.9. The van der Waals surface area contributed by atoms with Gasteiger partial charge in [-0.1, -0.05) is 0 Å². The van der Waals surface area contributed by atoms with Gasteiger partial charge >= 0.3 is 6.03 Å². The number of hydrogen-bond donors (Lipinski definition) is 14. The number of fused-ring (bicyclic) bond motifs is 2. The van der Waals surface area contributed by atoms with Crippen LogP contribution >= 0.6 is 0 Å². The molecule has 0 unspecified atom stereocenters. The molecule has 4 amide bonds. The Morgan fingerprint density at radius 1 is 0.525 bits per heavy atom. The van der Waals surface area contributed by atoms with Crippen LogP contribution in [0.15, 0.2) is 37.7 Å². The molecule has 0 aliphatic heterocycles. The number of anilines is 4. The maximum absolute atomic E-state index is 13.5. The van der Waals surface area contributed by atoms with Gasteiger partial charge in [0.15, 0.2) is 34.0 Å². The highest BCUT2D eigenvalue weighted by molar-refractivity contribution is 5.86. The minimum absolute atomic E-state index is 0.000704. The number of aliphatic hydroxyl groups excluding tert-OH is 6. The fraction of sp³-hybridized carbons (Fsp3) is 0.627. The molecule has 4 aliphatic rings. The van der Waals surface area contributed by atoms with Crippen molar-refractivity contribution in [2.45, 2.75) is 177 Å². The number of urea groups is 1. The van der Waals surface area contributed by atoms with E-state index in [-0.39, 0.29) is 43.0 Å². The average Bonchev–Trinajstić information content (AvgIpc) is 4.41. The van der Waals surface area contributed by atoms with E-state index in [9.17, 15) is 45.0 Å². The standard InChI is InChI=1S/C51H74N20O9/c1-3-68-19-31(54-23-68)13-15-52-49-64-45(39-47(66-49)70(25-56-39)35-17-33(41(76)43(35)78)62-37(74)21-72)58-27-5-9-29(10-6-27)60-51(80)61-30-11-7-28(8-12-30)59-46-40-48(67-50(65-46)53-16-14-32-20-69(4-2)24-55-32)71(26-57-40)36-18-34(42(77)44(36)79)63-38(75)22-73/h19-20,23-30,33-36,41-44,72-73,76-79H,3-18,21-22H2,1-2H3,(H,62,74)(H,63,75)(H2,60,61,80)(H2,52,58,64,66)(H2,53,59,65,67)/t27-,28-,29-,30-,33-,34-,35+,36+,41+,42+,43-,44-/m0/s1. The number of imidazole rings is 4. The zero-order chi connectivity index (χ0) is 56.0. The van der Waals surface area contributed by atoms with Gasteiger partial charge in [-0.05, 0) is 78.1 Å². The zero-order valence-corrected chi connectivity index (χ0v) is 44.9. The van der Waals surface area contributed by atoms with Crippen LogP contribution in [0.5, 0.6) is 0 Å². The second-order valence-electron chi connectivity index (χ2n) is 21.4. The Labute approximate surface area is 460 Å². The summed E-state index contributed by atoms with van der Waals surface area (Å²) in [6, 6.07) is -3.26. The van der Waals surface area contributed by atoms with Gasteiger partial charge in [0.1, 0.15) is 37.6 Å². The molecule has 29 heteroatoms. The molecule has 29 nitrogen and oxygen atoms in total. The summed E-state index contributed by atoms with van der Waals surface area (Å²) in [5, 5.41) is 88.1. The molecule has 4 fully saturated rings. The van der Waals surface area contributed by atoms with E-state index in [2.05, 4.69) is 62.5 Å². The van der Waals surface area contributed by atoms with Gasteiger partial charge in [0.05, 0.1) is 60.9 Å². The molecule has 10 rings (SSSR count). The molecule has 4 saturated carbocycles. The van der Waals surface area contributed by atoms with E-state index < -0.39 is 73.6 Å². The predicted molar refractivity (Wildman–Crippen MR) is 291 cm³/mol. The highest BCUT2D eigenvalue weighted by Gasteiger charge is 2.45. The largest absolute Gasteiger partial charge is 0.388 e. The normalized spacial score (nSPS) is 26.8. The lowest BCUT2D eigenvalue weighted by molar-refractivity contribution is -0.126. The van der Waals surface area contributed by atoms with Gasteiger partial charge in [-0.3, -0.25) is 9.59 Å². The summed E-state index contributed by atoms with van der Waals surface area (Å²) in [7, 11) is 0. The van der Waals surface area contributed by atoms with Crippen molar-refractivity contribution in [1.82, 2.24) is 79.4 Å². The molecule has 6 heterocycles. The van der Waals surface area contributed by atoms with Gasteiger partial charge in [-0.2, -0.15) is 19.9 Å². The Bertz CT molecular complexity index is 2880. The third-order valence-corrected chi connectivity index (χ3v) is 16.1. The number of nitrogens with zero attached hydrogens (tertiary/aromatic N) is 12. The van der Waals surface area contributed by atoms with Crippen molar-refractivity contribution in [2.75, 3.05) is 47.6 Å². The Hall–Kier alpha value is -7.31. The van der Waals surface area contributed by atoms with E-state index in [1.165, 1.54) is 0 Å². The van der Waals surface area contributed by atoms with Crippen molar-refractivity contribution in [3.05, 3.63) is 49.1 Å². The number of carbonyl (C=O) groups is 3. The summed E-state index contributed by atoms with van der Waals surface area (Å²) in [6.45, 7) is 5.21. The third-order valence-electron chi connectivity index (χ3n) is 16.1. The fourth-order valence-corrected chi connectivity index (χ4v) is 11.6.